The number of methoxy groups -OCH3 is 1. The highest BCUT2D eigenvalue weighted by molar-refractivity contribution is 7.15. The van der Waals surface area contributed by atoms with E-state index in [1.807, 2.05) is 0 Å². The van der Waals surface area contributed by atoms with Crippen molar-refractivity contribution in [1.82, 2.24) is 4.98 Å². The molecule has 1 saturated heterocycles. The molecule has 5 heteroatoms. The summed E-state index contributed by atoms with van der Waals surface area (Å²) in [5.41, 5.74) is 1.08. The predicted octanol–water partition coefficient (Wildman–Crippen LogP) is 2.62. The fraction of sp³-hybridized carbons (Fsp3) is 0.786. The topological polar surface area (TPSA) is 45.6 Å². The van der Waals surface area contributed by atoms with E-state index < -0.39 is 0 Å². The van der Waals surface area contributed by atoms with Gasteiger partial charge in [-0.25, -0.2) is 4.98 Å². The third-order valence-electron chi connectivity index (χ3n) is 3.90. The van der Waals surface area contributed by atoms with E-state index in [0.717, 1.165) is 41.8 Å². The lowest BCUT2D eigenvalue weighted by atomic mass is 10.0. The van der Waals surface area contributed by atoms with E-state index in [0.29, 0.717) is 11.8 Å². The lowest BCUT2D eigenvalue weighted by Gasteiger charge is -2.14. The lowest BCUT2D eigenvalue weighted by Crippen LogP contribution is -2.20. The van der Waals surface area contributed by atoms with Gasteiger partial charge in [-0.15, -0.1) is 0 Å². The van der Waals surface area contributed by atoms with Crippen LogP contribution in [0.2, 0.25) is 0 Å². The van der Waals surface area contributed by atoms with Gasteiger partial charge < -0.3 is 14.7 Å². The summed E-state index contributed by atoms with van der Waals surface area (Å²) < 4.78 is 5.23. The van der Waals surface area contributed by atoms with E-state index in [1.54, 1.807) is 18.4 Å². The second-order valence-electron chi connectivity index (χ2n) is 5.33. The molecule has 1 aromatic heterocycles. The number of hydrogen-bond donors (Lipinski definition) is 1. The van der Waals surface area contributed by atoms with E-state index in [9.17, 15) is 5.11 Å². The van der Waals surface area contributed by atoms with Crippen molar-refractivity contribution < 1.29 is 9.84 Å². The van der Waals surface area contributed by atoms with Crippen LogP contribution < -0.4 is 4.90 Å². The van der Waals surface area contributed by atoms with E-state index in [1.165, 1.54) is 6.42 Å². The number of hydrogen-bond acceptors (Lipinski definition) is 5. The zero-order valence-electron chi connectivity index (χ0n) is 12.1. The zero-order valence-corrected chi connectivity index (χ0v) is 12.9. The van der Waals surface area contributed by atoms with Crippen molar-refractivity contribution in [1.29, 1.82) is 0 Å². The summed E-state index contributed by atoms with van der Waals surface area (Å²) in [7, 11) is 1.76. The quantitative estimate of drug-likeness (QED) is 0.872. The van der Waals surface area contributed by atoms with E-state index in [2.05, 4.69) is 18.7 Å². The van der Waals surface area contributed by atoms with Crippen molar-refractivity contribution in [2.45, 2.75) is 39.2 Å². The molecule has 1 N–H and O–H groups in total. The monoisotopic (exact) mass is 284 g/mol. The first-order valence-electron chi connectivity index (χ1n) is 7.03. The van der Waals surface area contributed by atoms with Gasteiger partial charge in [0.1, 0.15) is 0 Å². The average Bonchev–Trinajstić information content (AvgIpc) is 3.04. The van der Waals surface area contributed by atoms with Gasteiger partial charge in [-0.2, -0.15) is 0 Å². The minimum Gasteiger partial charge on any atom is -0.391 e. The molecule has 1 aliphatic heterocycles. The Morgan fingerprint density at radius 2 is 2.37 bits per heavy atom. The summed E-state index contributed by atoms with van der Waals surface area (Å²) in [6.07, 6.45) is 2.23. The Morgan fingerprint density at radius 1 is 1.58 bits per heavy atom. The maximum Gasteiger partial charge on any atom is 0.185 e. The molecular formula is C14H24N2O2S. The summed E-state index contributed by atoms with van der Waals surface area (Å²) in [5, 5.41) is 10.6. The van der Waals surface area contributed by atoms with Crippen LogP contribution in [-0.2, 0) is 11.3 Å². The lowest BCUT2D eigenvalue weighted by molar-refractivity contribution is 0.161. The fourth-order valence-electron chi connectivity index (χ4n) is 2.56. The molecule has 19 heavy (non-hydrogen) atoms. The number of thiazole rings is 1. The Morgan fingerprint density at radius 3 is 3.00 bits per heavy atom. The molecule has 0 spiro atoms. The molecule has 2 atom stereocenters. The Labute approximate surface area is 119 Å². The van der Waals surface area contributed by atoms with Crippen molar-refractivity contribution in [3.8, 4) is 0 Å². The summed E-state index contributed by atoms with van der Waals surface area (Å²) in [6.45, 7) is 7.34. The van der Waals surface area contributed by atoms with Gasteiger partial charge in [0.2, 0.25) is 0 Å². The first kappa shape index (κ1) is 14.8. The zero-order chi connectivity index (χ0) is 13.8. The van der Waals surface area contributed by atoms with Crippen LogP contribution in [0.25, 0.3) is 0 Å². The van der Waals surface area contributed by atoms with Gasteiger partial charge >= 0.3 is 0 Å². The number of ether oxygens (including phenoxy) is 1. The number of aliphatic hydroxyl groups is 1. The van der Waals surface area contributed by atoms with Crippen LogP contribution in [0.5, 0.6) is 0 Å². The molecule has 0 bridgehead atoms. The summed E-state index contributed by atoms with van der Waals surface area (Å²) in [6, 6.07) is 0. The average molecular weight is 284 g/mol. The number of nitrogens with zero attached hydrogens (tertiary/aromatic N) is 2. The van der Waals surface area contributed by atoms with Gasteiger partial charge in [0, 0.05) is 26.1 Å². The first-order chi connectivity index (χ1) is 9.19. The molecule has 2 rings (SSSR count). The van der Waals surface area contributed by atoms with Crippen LogP contribution in [0.15, 0.2) is 0 Å². The van der Waals surface area contributed by atoms with Crippen molar-refractivity contribution in [3.63, 3.8) is 0 Å². The van der Waals surface area contributed by atoms with Crippen molar-refractivity contribution in [2.75, 3.05) is 31.7 Å². The summed E-state index contributed by atoms with van der Waals surface area (Å²) in [5.74, 6) is 1.03. The predicted molar refractivity (Wildman–Crippen MR) is 78.9 cm³/mol. The molecule has 0 saturated carbocycles. The minimum atomic E-state index is 0.104. The van der Waals surface area contributed by atoms with Crippen LogP contribution in [-0.4, -0.2) is 36.9 Å². The minimum absolute atomic E-state index is 0.104. The van der Waals surface area contributed by atoms with Gasteiger partial charge in [-0.3, -0.25) is 0 Å². The normalized spacial score (nSPS) is 21.1. The number of anilines is 1. The van der Waals surface area contributed by atoms with Gasteiger partial charge in [-0.05, 0) is 18.8 Å². The Kier molecular flexibility index (Phi) is 5.19. The number of aliphatic hydroxyl groups excluding tert-OH is 1. The smallest absolute Gasteiger partial charge is 0.185 e. The van der Waals surface area contributed by atoms with Crippen LogP contribution in [0.3, 0.4) is 0 Å². The molecule has 2 unspecified atom stereocenters. The van der Waals surface area contributed by atoms with Crippen LogP contribution in [0.1, 0.15) is 43.2 Å². The standard InChI is InChI=1S/C14H24N2O2S/c1-4-10(2)13-12(8-17)19-14(15-13)16-6-5-11(7-16)9-18-3/h10-11,17H,4-9H2,1-3H3. The highest BCUT2D eigenvalue weighted by Crippen LogP contribution is 2.34. The molecular weight excluding hydrogens is 260 g/mol. The molecule has 1 fully saturated rings. The van der Waals surface area contributed by atoms with Crippen molar-refractivity contribution in [2.24, 2.45) is 5.92 Å². The molecule has 0 aromatic carbocycles. The molecule has 1 aromatic rings. The summed E-state index contributed by atoms with van der Waals surface area (Å²) in [4.78, 5) is 8.13. The van der Waals surface area contributed by atoms with Gasteiger partial charge in [0.05, 0.1) is 23.8 Å². The maximum absolute atomic E-state index is 9.49. The van der Waals surface area contributed by atoms with E-state index in [4.69, 9.17) is 9.72 Å². The van der Waals surface area contributed by atoms with Crippen LogP contribution >= 0.6 is 11.3 Å². The molecule has 0 radical (unpaired) electrons. The van der Waals surface area contributed by atoms with Crippen molar-refractivity contribution >= 4 is 16.5 Å². The van der Waals surface area contributed by atoms with Crippen molar-refractivity contribution in [3.05, 3.63) is 10.6 Å². The van der Waals surface area contributed by atoms with Gasteiger partial charge in [0.25, 0.3) is 0 Å². The highest BCUT2D eigenvalue weighted by atomic mass is 32.1. The SMILES string of the molecule is CCC(C)c1nc(N2CCC(COC)C2)sc1CO. The second kappa shape index (κ2) is 6.68. The van der Waals surface area contributed by atoms with Crippen LogP contribution in [0.4, 0.5) is 5.13 Å². The third-order valence-corrected chi connectivity index (χ3v) is 5.01. The molecule has 0 amide bonds. The summed E-state index contributed by atoms with van der Waals surface area (Å²) >= 11 is 1.64. The molecule has 2 heterocycles. The fourth-order valence-corrected chi connectivity index (χ4v) is 3.63. The molecule has 108 valence electrons. The van der Waals surface area contributed by atoms with E-state index >= 15 is 0 Å². The van der Waals surface area contributed by atoms with Crippen LogP contribution in [0, 0.1) is 5.92 Å². The number of rotatable bonds is 6. The first-order valence-corrected chi connectivity index (χ1v) is 7.85. The number of aromatic nitrogens is 1. The van der Waals surface area contributed by atoms with Gasteiger partial charge in [0.15, 0.2) is 5.13 Å². The molecule has 4 nitrogen and oxygen atoms in total. The Balaban J connectivity index is 2.11. The second-order valence-corrected chi connectivity index (χ2v) is 6.39. The third kappa shape index (κ3) is 3.27. The largest absolute Gasteiger partial charge is 0.391 e. The highest BCUT2D eigenvalue weighted by Gasteiger charge is 2.26. The van der Waals surface area contributed by atoms with Gasteiger partial charge in [-0.1, -0.05) is 25.2 Å². The van der Waals surface area contributed by atoms with E-state index in [-0.39, 0.29) is 6.61 Å². The maximum atomic E-state index is 9.49. The Bertz CT molecular complexity index is 408. The molecule has 1 aliphatic rings. The Hall–Kier alpha value is -0.650. The molecule has 0 aliphatic carbocycles.